The van der Waals surface area contributed by atoms with E-state index < -0.39 is 0 Å². The average molecular weight is 459 g/mol. The van der Waals surface area contributed by atoms with Crippen molar-refractivity contribution in [2.45, 2.75) is 32.1 Å². The Hall–Kier alpha value is -1.64. The zero-order valence-corrected chi connectivity index (χ0v) is 18.8. The Balaban J connectivity index is 0.00000160. The van der Waals surface area contributed by atoms with E-state index in [1.165, 1.54) is 6.42 Å². The molecule has 2 aliphatic heterocycles. The second-order valence-electron chi connectivity index (χ2n) is 8.15. The molecule has 2 amide bonds. The molecule has 0 bridgehead atoms. The molecule has 1 aromatic rings. The Morgan fingerprint density at radius 1 is 1.13 bits per heavy atom. The molecule has 30 heavy (non-hydrogen) atoms. The van der Waals surface area contributed by atoms with Crippen LogP contribution in [-0.4, -0.2) is 72.5 Å². The first kappa shape index (κ1) is 24.6. The highest BCUT2D eigenvalue weighted by atomic mass is 35.5. The first-order valence-electron chi connectivity index (χ1n) is 10.5. The Labute approximate surface area is 190 Å². The number of halogens is 2. The molecule has 10 heteroatoms. The average Bonchev–Trinajstić information content (AvgIpc) is 3.20. The van der Waals surface area contributed by atoms with Gasteiger partial charge in [-0.25, -0.2) is 9.97 Å². The van der Waals surface area contributed by atoms with E-state index in [-0.39, 0.29) is 42.0 Å². The van der Waals surface area contributed by atoms with Gasteiger partial charge in [-0.15, -0.1) is 24.8 Å². The molecule has 2 atom stereocenters. The van der Waals surface area contributed by atoms with Crippen LogP contribution < -0.4 is 15.5 Å². The molecule has 1 saturated carbocycles. The summed E-state index contributed by atoms with van der Waals surface area (Å²) >= 11 is 0. The quantitative estimate of drug-likeness (QED) is 0.689. The fourth-order valence-electron chi connectivity index (χ4n) is 4.92. The maximum Gasteiger partial charge on any atom is 0.227 e. The van der Waals surface area contributed by atoms with Gasteiger partial charge in [0.15, 0.2) is 0 Å². The standard InChI is InChI=1S/C20H30N6O2.2ClH/c27-17(25-10-12-26(13-11-25)19-23-7-3-8-24-19)5-9-22-18(28)20-6-2-1-4-16(20)14-21-15-20;;/h3,7-8,16,21H,1-2,4-6,9-15H2,(H,22,28);2*1H/t16-,20+;;/m0../s1. The molecule has 0 aromatic carbocycles. The summed E-state index contributed by atoms with van der Waals surface area (Å²) in [5, 5.41) is 6.47. The summed E-state index contributed by atoms with van der Waals surface area (Å²) in [4.78, 5) is 37.9. The Morgan fingerprint density at radius 3 is 2.60 bits per heavy atom. The minimum Gasteiger partial charge on any atom is -0.355 e. The van der Waals surface area contributed by atoms with Crippen LogP contribution in [0.2, 0.25) is 0 Å². The third-order valence-corrected chi connectivity index (χ3v) is 6.58. The van der Waals surface area contributed by atoms with E-state index in [4.69, 9.17) is 0 Å². The van der Waals surface area contributed by atoms with E-state index in [1.54, 1.807) is 18.5 Å². The van der Waals surface area contributed by atoms with E-state index in [2.05, 4.69) is 25.5 Å². The number of nitrogens with zero attached hydrogens (tertiary/aromatic N) is 4. The maximum atomic E-state index is 12.9. The molecule has 168 valence electrons. The van der Waals surface area contributed by atoms with E-state index in [9.17, 15) is 9.59 Å². The zero-order valence-electron chi connectivity index (χ0n) is 17.2. The molecule has 2 saturated heterocycles. The molecular formula is C20H32Cl2N6O2. The number of hydrogen-bond acceptors (Lipinski definition) is 6. The van der Waals surface area contributed by atoms with Crippen molar-refractivity contribution >= 4 is 42.6 Å². The highest BCUT2D eigenvalue weighted by Crippen LogP contribution is 2.43. The first-order chi connectivity index (χ1) is 13.7. The minimum absolute atomic E-state index is 0. The van der Waals surface area contributed by atoms with Crippen molar-refractivity contribution in [1.29, 1.82) is 0 Å². The van der Waals surface area contributed by atoms with Crippen LogP contribution in [0.25, 0.3) is 0 Å². The van der Waals surface area contributed by atoms with E-state index in [0.29, 0.717) is 37.9 Å². The van der Waals surface area contributed by atoms with Crippen LogP contribution in [0.5, 0.6) is 0 Å². The SMILES string of the molecule is Cl.Cl.O=C(CCNC(=O)[C@@]12CCCC[C@H]1CNC2)N1CCN(c2ncccn2)CC1. The molecular weight excluding hydrogens is 427 g/mol. The van der Waals surface area contributed by atoms with Crippen molar-refractivity contribution in [2.75, 3.05) is 50.7 Å². The van der Waals surface area contributed by atoms with Crippen molar-refractivity contribution in [1.82, 2.24) is 25.5 Å². The third kappa shape index (κ3) is 5.15. The lowest BCUT2D eigenvalue weighted by molar-refractivity contribution is -0.134. The summed E-state index contributed by atoms with van der Waals surface area (Å²) in [6.07, 6.45) is 8.28. The second kappa shape index (κ2) is 11.1. The molecule has 3 aliphatic rings. The van der Waals surface area contributed by atoms with Gasteiger partial charge in [0.2, 0.25) is 17.8 Å². The third-order valence-electron chi connectivity index (χ3n) is 6.58. The number of amides is 2. The molecule has 3 fully saturated rings. The fraction of sp³-hybridized carbons (Fsp3) is 0.700. The summed E-state index contributed by atoms with van der Waals surface area (Å²) in [6, 6.07) is 1.80. The number of fused-ring (bicyclic) bond motifs is 1. The number of rotatable bonds is 5. The van der Waals surface area contributed by atoms with Crippen molar-refractivity contribution in [3.05, 3.63) is 18.5 Å². The van der Waals surface area contributed by atoms with E-state index in [0.717, 1.165) is 45.4 Å². The fourth-order valence-corrected chi connectivity index (χ4v) is 4.92. The number of carbonyl (C=O) groups excluding carboxylic acids is 2. The molecule has 8 nitrogen and oxygen atoms in total. The first-order valence-corrected chi connectivity index (χ1v) is 10.5. The predicted octanol–water partition coefficient (Wildman–Crippen LogP) is 1.25. The normalized spacial score (nSPS) is 25.5. The van der Waals surface area contributed by atoms with Crippen LogP contribution >= 0.6 is 24.8 Å². The number of anilines is 1. The molecule has 1 aliphatic carbocycles. The Morgan fingerprint density at radius 2 is 1.87 bits per heavy atom. The van der Waals surface area contributed by atoms with Crippen LogP contribution in [0.4, 0.5) is 5.95 Å². The number of aromatic nitrogens is 2. The maximum absolute atomic E-state index is 12.9. The van der Waals surface area contributed by atoms with Crippen LogP contribution in [0, 0.1) is 11.3 Å². The highest BCUT2D eigenvalue weighted by molar-refractivity contribution is 5.86. The molecule has 3 heterocycles. The second-order valence-corrected chi connectivity index (χ2v) is 8.15. The lowest BCUT2D eigenvalue weighted by Crippen LogP contribution is -2.51. The molecule has 0 radical (unpaired) electrons. The molecule has 2 N–H and O–H groups in total. The largest absolute Gasteiger partial charge is 0.355 e. The summed E-state index contributed by atoms with van der Waals surface area (Å²) in [6.45, 7) is 4.95. The van der Waals surface area contributed by atoms with Gasteiger partial charge in [-0.2, -0.15) is 0 Å². The van der Waals surface area contributed by atoms with Gasteiger partial charge in [-0.05, 0) is 31.4 Å². The van der Waals surface area contributed by atoms with Gasteiger partial charge in [0.25, 0.3) is 0 Å². The van der Waals surface area contributed by atoms with Gasteiger partial charge in [-0.3, -0.25) is 9.59 Å². The Kier molecular flexibility index (Phi) is 9.12. The van der Waals surface area contributed by atoms with Crippen molar-refractivity contribution in [3.63, 3.8) is 0 Å². The van der Waals surface area contributed by atoms with Gasteiger partial charge in [0, 0.05) is 58.1 Å². The van der Waals surface area contributed by atoms with Crippen LogP contribution in [0.15, 0.2) is 18.5 Å². The van der Waals surface area contributed by atoms with Crippen molar-refractivity contribution in [3.8, 4) is 0 Å². The topological polar surface area (TPSA) is 90.5 Å². The van der Waals surface area contributed by atoms with Crippen LogP contribution in [0.3, 0.4) is 0 Å². The molecule has 1 aromatic heterocycles. The number of hydrogen-bond donors (Lipinski definition) is 2. The minimum atomic E-state index is -0.247. The summed E-state index contributed by atoms with van der Waals surface area (Å²) < 4.78 is 0. The number of carbonyl (C=O) groups is 2. The lowest BCUT2D eigenvalue weighted by atomic mass is 9.67. The highest BCUT2D eigenvalue weighted by Gasteiger charge is 2.49. The Bertz CT molecular complexity index is 702. The molecule has 0 spiro atoms. The van der Waals surface area contributed by atoms with Gasteiger partial charge in [-0.1, -0.05) is 12.8 Å². The van der Waals surface area contributed by atoms with Crippen molar-refractivity contribution < 1.29 is 9.59 Å². The van der Waals surface area contributed by atoms with E-state index >= 15 is 0 Å². The lowest BCUT2D eigenvalue weighted by Gasteiger charge is -2.37. The van der Waals surface area contributed by atoms with Gasteiger partial charge in [0.1, 0.15) is 0 Å². The van der Waals surface area contributed by atoms with Gasteiger partial charge in [0.05, 0.1) is 5.41 Å². The van der Waals surface area contributed by atoms with Crippen LogP contribution in [0.1, 0.15) is 32.1 Å². The van der Waals surface area contributed by atoms with Gasteiger partial charge >= 0.3 is 0 Å². The summed E-state index contributed by atoms with van der Waals surface area (Å²) in [5.41, 5.74) is -0.247. The smallest absolute Gasteiger partial charge is 0.227 e. The summed E-state index contributed by atoms with van der Waals surface area (Å²) in [5.74, 6) is 1.41. The zero-order chi connectivity index (χ0) is 19.4. The van der Waals surface area contributed by atoms with Gasteiger partial charge < -0.3 is 20.4 Å². The van der Waals surface area contributed by atoms with Crippen molar-refractivity contribution in [2.24, 2.45) is 11.3 Å². The summed E-state index contributed by atoms with van der Waals surface area (Å²) in [7, 11) is 0. The monoisotopic (exact) mass is 458 g/mol. The molecule has 4 rings (SSSR count). The number of nitrogens with one attached hydrogen (secondary N) is 2. The predicted molar refractivity (Wildman–Crippen MR) is 120 cm³/mol. The van der Waals surface area contributed by atoms with Crippen LogP contribution in [-0.2, 0) is 9.59 Å². The van der Waals surface area contributed by atoms with E-state index in [1.807, 2.05) is 4.90 Å². The molecule has 0 unspecified atom stereocenters. The number of piperazine rings is 1.